The van der Waals surface area contributed by atoms with Crippen molar-refractivity contribution >= 4 is 44.7 Å². The highest BCUT2D eigenvalue weighted by molar-refractivity contribution is 7.18. The number of fused-ring (bicyclic) bond motifs is 1. The van der Waals surface area contributed by atoms with E-state index in [1.54, 1.807) is 36.6 Å². The Bertz CT molecular complexity index is 942. The minimum Gasteiger partial charge on any atom is -0.495 e. The maximum absolute atomic E-state index is 12.5. The van der Waals surface area contributed by atoms with Gasteiger partial charge in [-0.2, -0.15) is 0 Å². The van der Waals surface area contributed by atoms with Crippen molar-refractivity contribution in [2.45, 2.75) is 18.9 Å². The first-order valence-corrected chi connectivity index (χ1v) is 10.1. The molecule has 5 nitrogen and oxygen atoms in total. The van der Waals surface area contributed by atoms with E-state index in [2.05, 4.69) is 16.3 Å². The lowest BCUT2D eigenvalue weighted by Gasteiger charge is -2.22. The van der Waals surface area contributed by atoms with Gasteiger partial charge in [0.05, 0.1) is 34.9 Å². The molecule has 0 unspecified atom stereocenters. The van der Waals surface area contributed by atoms with Crippen LogP contribution in [0.15, 0.2) is 42.5 Å². The molecule has 1 saturated heterocycles. The van der Waals surface area contributed by atoms with E-state index >= 15 is 0 Å². The summed E-state index contributed by atoms with van der Waals surface area (Å²) in [6.45, 7) is 1.24. The van der Waals surface area contributed by atoms with Crippen molar-refractivity contribution in [2.75, 3.05) is 25.5 Å². The maximum Gasteiger partial charge on any atom is 0.238 e. The highest BCUT2D eigenvalue weighted by Gasteiger charge is 2.30. The largest absolute Gasteiger partial charge is 0.495 e. The van der Waals surface area contributed by atoms with Gasteiger partial charge in [-0.15, -0.1) is 11.3 Å². The minimum atomic E-state index is -0.0516. The number of para-hydroxylation sites is 1. The van der Waals surface area contributed by atoms with Crippen molar-refractivity contribution in [2.24, 2.45) is 0 Å². The summed E-state index contributed by atoms with van der Waals surface area (Å²) in [6.07, 6.45) is 2.10. The van der Waals surface area contributed by atoms with Crippen LogP contribution in [-0.2, 0) is 4.79 Å². The predicted octanol–water partition coefficient (Wildman–Crippen LogP) is 4.73. The molecule has 1 atom stereocenters. The summed E-state index contributed by atoms with van der Waals surface area (Å²) in [5.41, 5.74) is 1.70. The van der Waals surface area contributed by atoms with Crippen molar-refractivity contribution in [1.29, 1.82) is 0 Å². The predicted molar refractivity (Wildman–Crippen MR) is 110 cm³/mol. The number of amides is 1. The van der Waals surface area contributed by atoms with Crippen molar-refractivity contribution in [3.63, 3.8) is 0 Å². The molecule has 27 heavy (non-hydrogen) atoms. The molecule has 1 aliphatic heterocycles. The Morgan fingerprint density at radius 1 is 1.37 bits per heavy atom. The molecule has 1 aliphatic rings. The van der Waals surface area contributed by atoms with Gasteiger partial charge in [0.15, 0.2) is 0 Å². The monoisotopic (exact) mass is 401 g/mol. The fraction of sp³-hybridized carbons (Fsp3) is 0.300. The molecule has 140 valence electrons. The molecule has 4 rings (SSSR count). The number of hydrogen-bond acceptors (Lipinski definition) is 5. The fourth-order valence-electron chi connectivity index (χ4n) is 3.46. The fourth-order valence-corrected chi connectivity index (χ4v) is 4.85. The Labute approximate surface area is 166 Å². The number of likely N-dealkylation sites (tertiary alicyclic amines) is 1. The lowest BCUT2D eigenvalue weighted by molar-refractivity contribution is -0.117. The van der Waals surface area contributed by atoms with Crippen molar-refractivity contribution in [1.82, 2.24) is 9.88 Å². The number of halogens is 1. The van der Waals surface area contributed by atoms with Gasteiger partial charge < -0.3 is 10.1 Å². The van der Waals surface area contributed by atoms with E-state index in [1.165, 1.54) is 4.70 Å². The molecule has 1 aromatic heterocycles. The zero-order chi connectivity index (χ0) is 18.8. The van der Waals surface area contributed by atoms with Crippen molar-refractivity contribution in [3.05, 3.63) is 52.5 Å². The summed E-state index contributed by atoms with van der Waals surface area (Å²) in [5.74, 6) is 0.536. The Morgan fingerprint density at radius 2 is 2.22 bits per heavy atom. The molecule has 1 amide bonds. The number of nitrogens with zero attached hydrogens (tertiary/aromatic N) is 2. The van der Waals surface area contributed by atoms with Crippen LogP contribution in [0.2, 0.25) is 5.02 Å². The third-order valence-electron chi connectivity index (χ3n) is 4.74. The molecule has 2 heterocycles. The average Bonchev–Trinajstić information content (AvgIpc) is 3.27. The van der Waals surface area contributed by atoms with Gasteiger partial charge in [-0.05, 0) is 49.7 Å². The van der Waals surface area contributed by atoms with Crippen LogP contribution in [0.4, 0.5) is 5.69 Å². The zero-order valence-electron chi connectivity index (χ0n) is 14.9. The number of carbonyl (C=O) groups is 1. The summed E-state index contributed by atoms with van der Waals surface area (Å²) in [5, 5.41) is 4.49. The Kier molecular flexibility index (Phi) is 5.29. The van der Waals surface area contributed by atoms with Gasteiger partial charge in [0, 0.05) is 5.69 Å². The average molecular weight is 402 g/mol. The third-order valence-corrected chi connectivity index (χ3v) is 6.17. The standard InChI is InChI=1S/C20H20ClN3O2S/c1-26-17-9-8-13(11-14(17)21)22-19(25)12-24-10-4-6-16(24)20-23-15-5-2-3-7-18(15)27-20/h2-3,5,7-9,11,16H,4,6,10,12H2,1H3,(H,22,25)/t16-/m1/s1. The first-order valence-electron chi connectivity index (χ1n) is 8.87. The minimum absolute atomic E-state index is 0.0516. The number of methoxy groups -OCH3 is 1. The van der Waals surface area contributed by atoms with Gasteiger partial charge in [-0.25, -0.2) is 4.98 Å². The van der Waals surface area contributed by atoms with E-state index in [4.69, 9.17) is 21.3 Å². The van der Waals surface area contributed by atoms with Gasteiger partial charge in [0.1, 0.15) is 10.8 Å². The molecule has 1 fully saturated rings. The number of rotatable bonds is 5. The molecule has 1 N–H and O–H groups in total. The number of aromatic nitrogens is 1. The highest BCUT2D eigenvalue weighted by atomic mass is 35.5. The van der Waals surface area contributed by atoms with Crippen LogP contribution < -0.4 is 10.1 Å². The Hall–Kier alpha value is -2.15. The molecule has 2 aromatic carbocycles. The van der Waals surface area contributed by atoms with Crippen LogP contribution in [0.25, 0.3) is 10.2 Å². The first-order chi connectivity index (χ1) is 13.1. The van der Waals surface area contributed by atoms with Crippen LogP contribution in [0.1, 0.15) is 23.9 Å². The van der Waals surface area contributed by atoms with Crippen molar-refractivity contribution in [3.8, 4) is 5.75 Å². The van der Waals surface area contributed by atoms with E-state index in [0.717, 1.165) is 29.9 Å². The summed E-state index contributed by atoms with van der Waals surface area (Å²) >= 11 is 7.85. The quantitative estimate of drug-likeness (QED) is 0.671. The van der Waals surface area contributed by atoms with Gasteiger partial charge in [0.25, 0.3) is 0 Å². The molecule has 0 radical (unpaired) electrons. The molecule has 0 saturated carbocycles. The summed E-state index contributed by atoms with van der Waals surface area (Å²) in [7, 11) is 1.56. The lowest BCUT2D eigenvalue weighted by atomic mass is 10.2. The lowest BCUT2D eigenvalue weighted by Crippen LogP contribution is -2.32. The van der Waals surface area contributed by atoms with Gasteiger partial charge >= 0.3 is 0 Å². The van der Waals surface area contributed by atoms with Crippen LogP contribution in [0, 0.1) is 0 Å². The Balaban J connectivity index is 1.44. The highest BCUT2D eigenvalue weighted by Crippen LogP contribution is 2.36. The molecular weight excluding hydrogens is 382 g/mol. The second kappa shape index (κ2) is 7.84. The van der Waals surface area contributed by atoms with Crippen LogP contribution >= 0.6 is 22.9 Å². The SMILES string of the molecule is COc1ccc(NC(=O)CN2CCC[C@@H]2c2nc3ccccc3s2)cc1Cl. The number of carbonyl (C=O) groups excluding carboxylic acids is 1. The number of hydrogen-bond donors (Lipinski definition) is 1. The van der Waals surface area contributed by atoms with E-state index < -0.39 is 0 Å². The molecule has 0 aliphatic carbocycles. The molecular formula is C20H20ClN3O2S. The van der Waals surface area contributed by atoms with Crippen LogP contribution in [0.3, 0.4) is 0 Å². The van der Waals surface area contributed by atoms with E-state index in [0.29, 0.717) is 23.0 Å². The number of nitrogens with one attached hydrogen (secondary N) is 1. The van der Waals surface area contributed by atoms with Crippen molar-refractivity contribution < 1.29 is 9.53 Å². The summed E-state index contributed by atoms with van der Waals surface area (Å²) < 4.78 is 6.33. The maximum atomic E-state index is 12.5. The summed E-state index contributed by atoms with van der Waals surface area (Å²) in [6, 6.07) is 13.6. The molecule has 7 heteroatoms. The van der Waals surface area contributed by atoms with E-state index in [9.17, 15) is 4.79 Å². The molecule has 0 spiro atoms. The first kappa shape index (κ1) is 18.2. The third kappa shape index (κ3) is 3.93. The second-order valence-electron chi connectivity index (χ2n) is 6.55. The number of thiazole rings is 1. The molecule has 3 aromatic rings. The van der Waals surface area contributed by atoms with Crippen LogP contribution in [0.5, 0.6) is 5.75 Å². The second-order valence-corrected chi connectivity index (χ2v) is 8.02. The van der Waals surface area contributed by atoms with Gasteiger partial charge in [-0.1, -0.05) is 23.7 Å². The van der Waals surface area contributed by atoms with Gasteiger partial charge in [-0.3, -0.25) is 9.69 Å². The zero-order valence-corrected chi connectivity index (χ0v) is 16.5. The van der Waals surface area contributed by atoms with E-state index in [-0.39, 0.29) is 11.9 Å². The Morgan fingerprint density at radius 3 is 3.00 bits per heavy atom. The molecule has 0 bridgehead atoms. The van der Waals surface area contributed by atoms with E-state index in [1.807, 2.05) is 18.2 Å². The van der Waals surface area contributed by atoms with Crippen LogP contribution in [-0.4, -0.2) is 36.0 Å². The normalized spacial score (nSPS) is 17.3. The number of anilines is 1. The number of benzene rings is 2. The topological polar surface area (TPSA) is 54.5 Å². The number of ether oxygens (including phenoxy) is 1. The van der Waals surface area contributed by atoms with Gasteiger partial charge in [0.2, 0.25) is 5.91 Å². The summed E-state index contributed by atoms with van der Waals surface area (Å²) in [4.78, 5) is 19.5. The smallest absolute Gasteiger partial charge is 0.238 e.